The number of nitrogens with two attached hydrogens (primary N) is 1. The Hall–Kier alpha value is -0.120. The highest BCUT2D eigenvalue weighted by molar-refractivity contribution is 4.90. The molecule has 2 atom stereocenters. The van der Waals surface area contributed by atoms with Crippen molar-refractivity contribution in [3.8, 4) is 0 Å². The van der Waals surface area contributed by atoms with Gasteiger partial charge in [0.2, 0.25) is 0 Å². The largest absolute Gasteiger partial charge is 0.327 e. The smallest absolute Gasteiger partial charge is 0.0293 e. The highest BCUT2D eigenvalue weighted by Crippen LogP contribution is 2.27. The van der Waals surface area contributed by atoms with Crippen LogP contribution in [-0.2, 0) is 0 Å². The molecule has 0 saturated carbocycles. The predicted molar refractivity (Wildman–Crippen MR) is 66.0 cm³/mol. The third-order valence-corrected chi connectivity index (χ3v) is 3.32. The topological polar surface area (TPSA) is 32.5 Å². The van der Waals surface area contributed by atoms with Gasteiger partial charge in [0, 0.05) is 38.3 Å². The van der Waals surface area contributed by atoms with Crippen LogP contribution in [0.2, 0.25) is 0 Å². The average molecular weight is 213 g/mol. The number of rotatable bonds is 2. The van der Waals surface area contributed by atoms with Gasteiger partial charge in [-0.05, 0) is 19.4 Å². The maximum atomic E-state index is 6.13. The van der Waals surface area contributed by atoms with E-state index in [0.29, 0.717) is 6.04 Å². The van der Waals surface area contributed by atoms with Gasteiger partial charge in [-0.25, -0.2) is 0 Å². The maximum absolute atomic E-state index is 6.13. The molecule has 1 aliphatic heterocycles. The lowest BCUT2D eigenvalue weighted by atomic mass is 9.81. The van der Waals surface area contributed by atoms with Crippen molar-refractivity contribution in [2.75, 3.05) is 33.2 Å². The molecule has 3 nitrogen and oxygen atoms in total. The minimum Gasteiger partial charge on any atom is -0.327 e. The lowest BCUT2D eigenvalue weighted by Crippen LogP contribution is -2.58. The van der Waals surface area contributed by atoms with E-state index in [1.54, 1.807) is 0 Å². The summed E-state index contributed by atoms with van der Waals surface area (Å²) in [7, 11) is 2.19. The predicted octanol–water partition coefficient (Wildman–Crippen LogP) is 0.996. The van der Waals surface area contributed by atoms with E-state index in [1.807, 2.05) is 0 Å². The first-order chi connectivity index (χ1) is 6.82. The van der Waals surface area contributed by atoms with Gasteiger partial charge in [0.25, 0.3) is 0 Å². The second kappa shape index (κ2) is 4.81. The van der Waals surface area contributed by atoms with Crippen molar-refractivity contribution in [2.24, 2.45) is 11.1 Å². The molecule has 2 N–H and O–H groups in total. The van der Waals surface area contributed by atoms with Crippen molar-refractivity contribution in [2.45, 2.75) is 39.8 Å². The summed E-state index contributed by atoms with van der Waals surface area (Å²) in [5, 5.41) is 0. The Morgan fingerprint density at radius 3 is 1.87 bits per heavy atom. The Kier molecular flexibility index (Phi) is 4.15. The molecule has 1 heterocycles. The number of nitrogens with zero attached hydrogens (tertiary/aromatic N) is 2. The summed E-state index contributed by atoms with van der Waals surface area (Å²) in [6.45, 7) is 13.6. The zero-order chi connectivity index (χ0) is 11.6. The van der Waals surface area contributed by atoms with Crippen LogP contribution >= 0.6 is 0 Å². The Balaban J connectivity index is 2.65. The molecule has 0 aliphatic carbocycles. The van der Waals surface area contributed by atoms with E-state index in [4.69, 9.17) is 5.73 Å². The van der Waals surface area contributed by atoms with Crippen LogP contribution in [0.5, 0.6) is 0 Å². The molecule has 3 heteroatoms. The molecule has 1 aliphatic rings. The lowest BCUT2D eigenvalue weighted by molar-refractivity contribution is 0.0420. The molecule has 1 fully saturated rings. The van der Waals surface area contributed by atoms with Gasteiger partial charge >= 0.3 is 0 Å². The molecule has 90 valence electrons. The maximum Gasteiger partial charge on any atom is 0.0293 e. The number of hydrogen-bond donors (Lipinski definition) is 1. The van der Waals surface area contributed by atoms with Gasteiger partial charge in [-0.15, -0.1) is 0 Å². The van der Waals surface area contributed by atoms with Crippen molar-refractivity contribution >= 4 is 0 Å². The second-order valence-corrected chi connectivity index (χ2v) is 6.01. The van der Waals surface area contributed by atoms with E-state index in [1.165, 1.54) is 13.1 Å². The Labute approximate surface area is 94.6 Å². The van der Waals surface area contributed by atoms with Crippen molar-refractivity contribution in [3.05, 3.63) is 0 Å². The van der Waals surface area contributed by atoms with E-state index in [2.05, 4.69) is 44.5 Å². The summed E-state index contributed by atoms with van der Waals surface area (Å²) in [6, 6.07) is 0.736. The first kappa shape index (κ1) is 12.9. The van der Waals surface area contributed by atoms with Gasteiger partial charge in [0.1, 0.15) is 0 Å². The van der Waals surface area contributed by atoms with Crippen LogP contribution < -0.4 is 5.73 Å². The third kappa shape index (κ3) is 3.44. The molecule has 0 amide bonds. The fraction of sp³-hybridized carbons (Fsp3) is 1.00. The standard InChI is InChI=1S/C12H27N3/c1-10(13)11(12(2,3)4)15-8-6-14(5)7-9-15/h10-11H,6-9,13H2,1-5H3. The Morgan fingerprint density at radius 1 is 1.07 bits per heavy atom. The molecule has 2 unspecified atom stereocenters. The van der Waals surface area contributed by atoms with Crippen LogP contribution in [0.4, 0.5) is 0 Å². The molecule has 1 rings (SSSR count). The third-order valence-electron chi connectivity index (χ3n) is 3.32. The fourth-order valence-electron chi connectivity index (χ4n) is 2.77. The molecule has 0 radical (unpaired) electrons. The van der Waals surface area contributed by atoms with E-state index >= 15 is 0 Å². The van der Waals surface area contributed by atoms with Gasteiger partial charge in [-0.2, -0.15) is 0 Å². The Morgan fingerprint density at radius 2 is 1.53 bits per heavy atom. The summed E-state index contributed by atoms with van der Waals surface area (Å²) < 4.78 is 0. The lowest BCUT2D eigenvalue weighted by Gasteiger charge is -2.45. The molecular weight excluding hydrogens is 186 g/mol. The summed E-state index contributed by atoms with van der Waals surface area (Å²) in [6.07, 6.45) is 0. The molecule has 1 saturated heterocycles. The molecule has 0 bridgehead atoms. The van der Waals surface area contributed by atoms with Crippen molar-refractivity contribution in [3.63, 3.8) is 0 Å². The fourth-order valence-corrected chi connectivity index (χ4v) is 2.77. The van der Waals surface area contributed by atoms with Crippen LogP contribution in [0, 0.1) is 5.41 Å². The Bertz CT molecular complexity index is 188. The number of likely N-dealkylation sites (N-methyl/N-ethyl adjacent to an activating group) is 1. The number of piperazine rings is 1. The van der Waals surface area contributed by atoms with Crippen LogP contribution in [0.15, 0.2) is 0 Å². The van der Waals surface area contributed by atoms with Crippen LogP contribution in [0.1, 0.15) is 27.7 Å². The monoisotopic (exact) mass is 213 g/mol. The summed E-state index contributed by atoms with van der Waals surface area (Å²) >= 11 is 0. The van der Waals surface area contributed by atoms with Gasteiger partial charge in [0.05, 0.1) is 0 Å². The zero-order valence-electron chi connectivity index (χ0n) is 11.0. The highest BCUT2D eigenvalue weighted by atomic mass is 15.3. The minimum atomic E-state index is 0.244. The minimum absolute atomic E-state index is 0.244. The highest BCUT2D eigenvalue weighted by Gasteiger charge is 2.34. The van der Waals surface area contributed by atoms with Crippen molar-refractivity contribution in [1.82, 2.24) is 9.80 Å². The molecule has 15 heavy (non-hydrogen) atoms. The normalized spacial score (nSPS) is 25.2. The van der Waals surface area contributed by atoms with Gasteiger partial charge < -0.3 is 10.6 Å². The molecular formula is C12H27N3. The summed E-state index contributed by atoms with van der Waals surface area (Å²) in [5.74, 6) is 0. The molecule has 0 spiro atoms. The van der Waals surface area contributed by atoms with E-state index in [-0.39, 0.29) is 11.5 Å². The average Bonchev–Trinajstić information content (AvgIpc) is 2.05. The van der Waals surface area contributed by atoms with E-state index in [0.717, 1.165) is 13.1 Å². The van der Waals surface area contributed by atoms with Crippen LogP contribution in [0.3, 0.4) is 0 Å². The van der Waals surface area contributed by atoms with E-state index < -0.39 is 0 Å². The van der Waals surface area contributed by atoms with Crippen molar-refractivity contribution in [1.29, 1.82) is 0 Å². The quantitative estimate of drug-likeness (QED) is 0.742. The van der Waals surface area contributed by atoms with Crippen LogP contribution in [-0.4, -0.2) is 55.1 Å². The van der Waals surface area contributed by atoms with Gasteiger partial charge in [0.15, 0.2) is 0 Å². The zero-order valence-corrected chi connectivity index (χ0v) is 11.0. The SMILES string of the molecule is CC(N)C(N1CCN(C)CC1)C(C)(C)C. The molecule has 0 aromatic rings. The number of hydrogen-bond acceptors (Lipinski definition) is 3. The molecule has 0 aromatic heterocycles. The van der Waals surface area contributed by atoms with Gasteiger partial charge in [-0.1, -0.05) is 20.8 Å². The summed E-state index contributed by atoms with van der Waals surface area (Å²) in [4.78, 5) is 4.95. The first-order valence-electron chi connectivity index (χ1n) is 6.00. The van der Waals surface area contributed by atoms with E-state index in [9.17, 15) is 0 Å². The second-order valence-electron chi connectivity index (χ2n) is 6.01. The first-order valence-corrected chi connectivity index (χ1v) is 6.00. The van der Waals surface area contributed by atoms with Crippen molar-refractivity contribution < 1.29 is 0 Å². The molecule has 0 aromatic carbocycles. The summed E-state index contributed by atoms with van der Waals surface area (Å²) in [5.41, 5.74) is 6.40. The van der Waals surface area contributed by atoms with Crippen LogP contribution in [0.25, 0.3) is 0 Å². The van der Waals surface area contributed by atoms with Gasteiger partial charge in [-0.3, -0.25) is 4.90 Å².